The van der Waals surface area contributed by atoms with Crippen LogP contribution in [0.4, 0.5) is 5.69 Å². The molecule has 2 rings (SSSR count). The van der Waals surface area contributed by atoms with Crippen molar-refractivity contribution >= 4 is 5.69 Å². The highest BCUT2D eigenvalue weighted by Gasteiger charge is 2.26. The minimum atomic E-state index is 0.185. The number of rotatable bonds is 4. The van der Waals surface area contributed by atoms with Gasteiger partial charge in [-0.1, -0.05) is 24.3 Å². The van der Waals surface area contributed by atoms with Gasteiger partial charge in [-0.15, -0.1) is 6.58 Å². The number of para-hydroxylation sites is 1. The summed E-state index contributed by atoms with van der Waals surface area (Å²) < 4.78 is 0. The van der Waals surface area contributed by atoms with Gasteiger partial charge >= 0.3 is 0 Å². The van der Waals surface area contributed by atoms with E-state index < -0.39 is 0 Å². The molecule has 0 radical (unpaired) electrons. The highest BCUT2D eigenvalue weighted by Crippen LogP contribution is 2.26. The van der Waals surface area contributed by atoms with Crippen LogP contribution in [0.5, 0.6) is 0 Å². The van der Waals surface area contributed by atoms with E-state index in [1.54, 1.807) is 0 Å². The molecule has 1 unspecified atom stereocenters. The summed E-state index contributed by atoms with van der Waals surface area (Å²) >= 11 is 0. The van der Waals surface area contributed by atoms with Crippen LogP contribution in [0, 0.1) is 0 Å². The maximum atomic E-state index is 3.87. The van der Waals surface area contributed by atoms with Crippen LogP contribution in [-0.4, -0.2) is 29.6 Å². The van der Waals surface area contributed by atoms with Gasteiger partial charge in [0.25, 0.3) is 0 Å². The molecule has 2 heteroatoms. The lowest BCUT2D eigenvalue weighted by Crippen LogP contribution is -2.46. The van der Waals surface area contributed by atoms with Crippen LogP contribution in [0.1, 0.15) is 26.3 Å². The van der Waals surface area contributed by atoms with Gasteiger partial charge in [0.1, 0.15) is 0 Å². The van der Waals surface area contributed by atoms with E-state index in [2.05, 4.69) is 61.8 Å². The lowest BCUT2D eigenvalue weighted by atomic mass is 10.0. The Bertz CT molecular complexity index is 392. The van der Waals surface area contributed by atoms with E-state index in [-0.39, 0.29) is 5.54 Å². The first-order valence-electron chi connectivity index (χ1n) is 6.71. The minimum Gasteiger partial charge on any atom is -0.380 e. The van der Waals surface area contributed by atoms with Crippen LogP contribution in [-0.2, 0) is 6.42 Å². The van der Waals surface area contributed by atoms with Gasteiger partial charge in [-0.05, 0) is 38.8 Å². The van der Waals surface area contributed by atoms with Gasteiger partial charge in [0.05, 0.1) is 0 Å². The van der Waals surface area contributed by atoms with Crippen molar-refractivity contribution in [3.8, 4) is 0 Å². The maximum Gasteiger partial charge on any atom is 0.0429 e. The van der Waals surface area contributed by atoms with Crippen molar-refractivity contribution in [2.24, 2.45) is 0 Å². The normalized spacial score (nSPS) is 18.6. The zero-order valence-corrected chi connectivity index (χ0v) is 11.7. The number of fused-ring (bicyclic) bond motifs is 1. The van der Waals surface area contributed by atoms with Gasteiger partial charge in [0.15, 0.2) is 0 Å². The molecule has 0 saturated carbocycles. The zero-order valence-electron chi connectivity index (χ0n) is 11.7. The summed E-state index contributed by atoms with van der Waals surface area (Å²) in [5, 5.41) is 3.62. The molecule has 0 amide bonds. The van der Waals surface area contributed by atoms with Crippen molar-refractivity contribution in [1.82, 2.24) is 4.90 Å². The third-order valence-electron chi connectivity index (χ3n) is 3.58. The molecule has 0 aliphatic carbocycles. The summed E-state index contributed by atoms with van der Waals surface area (Å²) in [4.78, 5) is 2.48. The molecule has 1 heterocycles. The molecule has 1 aromatic rings. The smallest absolute Gasteiger partial charge is 0.0429 e. The monoisotopic (exact) mass is 244 g/mol. The van der Waals surface area contributed by atoms with Gasteiger partial charge < -0.3 is 5.32 Å². The fourth-order valence-corrected chi connectivity index (χ4v) is 2.53. The van der Waals surface area contributed by atoms with Gasteiger partial charge in [0.2, 0.25) is 0 Å². The average molecular weight is 244 g/mol. The summed E-state index contributed by atoms with van der Waals surface area (Å²) in [5.41, 5.74) is 2.93. The Kier molecular flexibility index (Phi) is 3.76. The van der Waals surface area contributed by atoms with E-state index in [9.17, 15) is 0 Å². The summed E-state index contributed by atoms with van der Waals surface area (Å²) in [6.07, 6.45) is 3.12. The Morgan fingerprint density at radius 2 is 2.11 bits per heavy atom. The molecule has 0 bridgehead atoms. The second-order valence-electron chi connectivity index (χ2n) is 6.07. The Hall–Kier alpha value is -1.28. The van der Waals surface area contributed by atoms with Crippen LogP contribution in [0.3, 0.4) is 0 Å². The van der Waals surface area contributed by atoms with E-state index in [0.717, 1.165) is 19.5 Å². The molecule has 0 aromatic heterocycles. The number of anilines is 1. The van der Waals surface area contributed by atoms with E-state index in [0.29, 0.717) is 6.04 Å². The summed E-state index contributed by atoms with van der Waals surface area (Å²) in [6.45, 7) is 12.7. The predicted molar refractivity (Wildman–Crippen MR) is 79.1 cm³/mol. The molecule has 18 heavy (non-hydrogen) atoms. The fourth-order valence-electron chi connectivity index (χ4n) is 2.53. The highest BCUT2D eigenvalue weighted by molar-refractivity contribution is 5.56. The molecule has 1 N–H and O–H groups in total. The average Bonchev–Trinajstić information content (AvgIpc) is 2.69. The first-order chi connectivity index (χ1) is 8.50. The molecule has 2 nitrogen and oxygen atoms in total. The number of nitrogens with zero attached hydrogens (tertiary/aromatic N) is 1. The van der Waals surface area contributed by atoms with Crippen LogP contribution >= 0.6 is 0 Å². The standard InChI is InChI=1S/C16H24N2/c1-5-10-18(16(2,3)4)12-14-11-13-8-6-7-9-15(13)17-14/h5-9,14,17H,1,10-12H2,2-4H3. The summed E-state index contributed by atoms with van der Waals surface area (Å²) in [5.74, 6) is 0. The second-order valence-corrected chi connectivity index (χ2v) is 6.07. The van der Waals surface area contributed by atoms with E-state index in [4.69, 9.17) is 0 Å². The largest absolute Gasteiger partial charge is 0.380 e. The Balaban J connectivity index is 2.01. The third kappa shape index (κ3) is 2.94. The predicted octanol–water partition coefficient (Wildman–Crippen LogP) is 3.31. The lowest BCUT2D eigenvalue weighted by Gasteiger charge is -2.36. The van der Waals surface area contributed by atoms with Crippen LogP contribution in [0.2, 0.25) is 0 Å². The van der Waals surface area contributed by atoms with Gasteiger partial charge in [0, 0.05) is 30.4 Å². The molecule has 1 aromatic carbocycles. The molecule has 1 aliphatic rings. The number of hydrogen-bond donors (Lipinski definition) is 1. The Morgan fingerprint density at radius 1 is 1.39 bits per heavy atom. The van der Waals surface area contributed by atoms with Gasteiger partial charge in [-0.3, -0.25) is 4.90 Å². The highest BCUT2D eigenvalue weighted by atomic mass is 15.2. The van der Waals surface area contributed by atoms with E-state index in [1.807, 2.05) is 6.08 Å². The number of hydrogen-bond acceptors (Lipinski definition) is 2. The maximum absolute atomic E-state index is 3.87. The quantitative estimate of drug-likeness (QED) is 0.817. The molecule has 1 atom stereocenters. The SMILES string of the molecule is C=CCN(CC1Cc2ccccc2N1)C(C)(C)C. The van der Waals surface area contributed by atoms with Crippen molar-refractivity contribution < 1.29 is 0 Å². The first-order valence-corrected chi connectivity index (χ1v) is 6.71. The molecule has 0 saturated heterocycles. The number of nitrogens with one attached hydrogen (secondary N) is 1. The molecule has 0 spiro atoms. The van der Waals surface area contributed by atoms with Gasteiger partial charge in [-0.25, -0.2) is 0 Å². The van der Waals surface area contributed by atoms with Crippen LogP contribution in [0.15, 0.2) is 36.9 Å². The molecular weight excluding hydrogens is 220 g/mol. The fraction of sp³-hybridized carbons (Fsp3) is 0.500. The van der Waals surface area contributed by atoms with Crippen molar-refractivity contribution in [2.75, 3.05) is 18.4 Å². The zero-order chi connectivity index (χ0) is 13.2. The van der Waals surface area contributed by atoms with Crippen molar-refractivity contribution in [1.29, 1.82) is 0 Å². The lowest BCUT2D eigenvalue weighted by molar-refractivity contribution is 0.148. The molecular formula is C16H24N2. The molecule has 0 fully saturated rings. The van der Waals surface area contributed by atoms with Crippen molar-refractivity contribution in [3.05, 3.63) is 42.5 Å². The Labute approximate surface area is 111 Å². The van der Waals surface area contributed by atoms with Crippen LogP contribution < -0.4 is 5.32 Å². The summed E-state index contributed by atoms with van der Waals surface area (Å²) in [7, 11) is 0. The van der Waals surface area contributed by atoms with Crippen molar-refractivity contribution in [2.45, 2.75) is 38.8 Å². The number of benzene rings is 1. The molecule has 1 aliphatic heterocycles. The second kappa shape index (κ2) is 5.15. The third-order valence-corrected chi connectivity index (χ3v) is 3.58. The van der Waals surface area contributed by atoms with Crippen molar-refractivity contribution in [3.63, 3.8) is 0 Å². The van der Waals surface area contributed by atoms with Gasteiger partial charge in [-0.2, -0.15) is 0 Å². The van der Waals surface area contributed by atoms with Crippen LogP contribution in [0.25, 0.3) is 0 Å². The van der Waals surface area contributed by atoms with E-state index in [1.165, 1.54) is 11.3 Å². The first kappa shape index (κ1) is 13.2. The minimum absolute atomic E-state index is 0.185. The Morgan fingerprint density at radius 3 is 2.72 bits per heavy atom. The topological polar surface area (TPSA) is 15.3 Å². The van der Waals surface area contributed by atoms with E-state index >= 15 is 0 Å². The molecule has 98 valence electrons. The summed E-state index contributed by atoms with van der Waals surface area (Å²) in [6, 6.07) is 9.12.